The smallest absolute Gasteiger partial charge is 0.255 e. The zero-order valence-corrected chi connectivity index (χ0v) is 17.3. The molecule has 30 heavy (non-hydrogen) atoms. The number of ether oxygens (including phenoxy) is 1. The van der Waals surface area contributed by atoms with Crippen molar-refractivity contribution < 1.29 is 14.6 Å². The number of rotatable bonds is 4. The molecule has 1 atom stereocenters. The molecule has 0 bridgehead atoms. The van der Waals surface area contributed by atoms with Gasteiger partial charge < -0.3 is 25.0 Å². The van der Waals surface area contributed by atoms with Gasteiger partial charge in [-0.15, -0.1) is 0 Å². The van der Waals surface area contributed by atoms with Gasteiger partial charge in [-0.1, -0.05) is 24.3 Å². The molecule has 0 spiro atoms. The monoisotopic (exact) mass is 405 g/mol. The van der Waals surface area contributed by atoms with Gasteiger partial charge in [-0.2, -0.15) is 0 Å². The number of hydrogen-bond acceptors (Lipinski definition) is 5. The first-order valence-corrected chi connectivity index (χ1v) is 10.2. The molecule has 1 unspecified atom stereocenters. The van der Waals surface area contributed by atoms with E-state index in [1.165, 1.54) is 0 Å². The number of allylic oxidation sites excluding steroid dienone is 2. The van der Waals surface area contributed by atoms with Crippen LogP contribution in [0.25, 0.3) is 5.57 Å². The standard InChI is InChI=1S/C24H27N3O3/c1-17-8-9-18(23(28)25-20-6-4-3-5-7-20)14-21(17)19-15-22(24(29)26(2)16-19)27-10-12-30-13-11-27/h3-9,14-16,24,29H,10-13H2,1-2H3,(H,25,28). The number of para-hydroxylation sites is 1. The first-order valence-electron chi connectivity index (χ1n) is 10.2. The molecule has 156 valence electrons. The number of amides is 1. The van der Waals surface area contributed by atoms with E-state index in [0.29, 0.717) is 18.8 Å². The molecule has 2 aromatic carbocycles. The summed E-state index contributed by atoms with van der Waals surface area (Å²) in [6, 6.07) is 15.1. The second-order valence-corrected chi connectivity index (χ2v) is 7.64. The molecular weight excluding hydrogens is 378 g/mol. The number of nitrogens with zero attached hydrogens (tertiary/aromatic N) is 2. The van der Waals surface area contributed by atoms with Crippen LogP contribution in [0.3, 0.4) is 0 Å². The Labute approximate surface area is 177 Å². The van der Waals surface area contributed by atoms with Crippen LogP contribution in [-0.4, -0.2) is 60.4 Å². The number of aryl methyl sites for hydroxylation is 1. The summed E-state index contributed by atoms with van der Waals surface area (Å²) in [6.07, 6.45) is 3.25. The molecule has 0 saturated carbocycles. The van der Waals surface area contributed by atoms with Gasteiger partial charge >= 0.3 is 0 Å². The SMILES string of the molecule is Cc1ccc(C(=O)Nc2ccccc2)cc1C1=CN(C)C(O)C(N2CCOCC2)=C1. The van der Waals surface area contributed by atoms with Gasteiger partial charge in [-0.05, 0) is 54.0 Å². The largest absolute Gasteiger partial charge is 0.378 e. The number of carbonyl (C=O) groups excluding carboxylic acids is 1. The van der Waals surface area contributed by atoms with Gasteiger partial charge in [0, 0.05) is 37.6 Å². The summed E-state index contributed by atoms with van der Waals surface area (Å²) in [6.45, 7) is 4.84. The molecule has 2 aliphatic rings. The number of aliphatic hydroxyl groups is 1. The van der Waals surface area contributed by atoms with Crippen LogP contribution in [0.4, 0.5) is 5.69 Å². The third-order valence-corrected chi connectivity index (χ3v) is 5.52. The predicted octanol–water partition coefficient (Wildman–Crippen LogP) is 3.07. The van der Waals surface area contributed by atoms with Crippen LogP contribution in [0.2, 0.25) is 0 Å². The highest BCUT2D eigenvalue weighted by molar-refractivity contribution is 6.05. The number of likely N-dealkylation sites (N-methyl/N-ethyl adjacent to an activating group) is 1. The maximum Gasteiger partial charge on any atom is 0.255 e. The van der Waals surface area contributed by atoms with Gasteiger partial charge in [0.15, 0.2) is 6.23 Å². The predicted molar refractivity (Wildman–Crippen MR) is 118 cm³/mol. The molecule has 0 aliphatic carbocycles. The molecule has 2 heterocycles. The van der Waals surface area contributed by atoms with Crippen LogP contribution in [0.5, 0.6) is 0 Å². The molecule has 2 aliphatic heterocycles. The Kier molecular flexibility index (Phi) is 5.88. The Hall–Kier alpha value is -3.09. The maximum atomic E-state index is 12.8. The highest BCUT2D eigenvalue weighted by Crippen LogP contribution is 2.30. The summed E-state index contributed by atoms with van der Waals surface area (Å²) in [7, 11) is 1.86. The number of nitrogens with one attached hydrogen (secondary N) is 1. The summed E-state index contributed by atoms with van der Waals surface area (Å²) in [5.41, 5.74) is 5.22. The van der Waals surface area contributed by atoms with Crippen molar-refractivity contribution in [2.24, 2.45) is 0 Å². The van der Waals surface area contributed by atoms with Crippen molar-refractivity contribution in [2.45, 2.75) is 13.2 Å². The normalized spacial score (nSPS) is 19.2. The lowest BCUT2D eigenvalue weighted by molar-refractivity contribution is 0.0128. The Bertz CT molecular complexity index is 978. The van der Waals surface area contributed by atoms with E-state index in [0.717, 1.165) is 41.2 Å². The molecule has 1 amide bonds. The van der Waals surface area contributed by atoms with E-state index in [9.17, 15) is 9.90 Å². The quantitative estimate of drug-likeness (QED) is 0.819. The van der Waals surface area contributed by atoms with E-state index >= 15 is 0 Å². The highest BCUT2D eigenvalue weighted by atomic mass is 16.5. The van der Waals surface area contributed by atoms with E-state index in [-0.39, 0.29) is 5.91 Å². The lowest BCUT2D eigenvalue weighted by atomic mass is 9.95. The topological polar surface area (TPSA) is 65.0 Å². The summed E-state index contributed by atoms with van der Waals surface area (Å²) >= 11 is 0. The van der Waals surface area contributed by atoms with Gasteiger partial charge in [0.2, 0.25) is 0 Å². The Morgan fingerprint density at radius 3 is 2.60 bits per heavy atom. The Morgan fingerprint density at radius 2 is 1.87 bits per heavy atom. The van der Waals surface area contributed by atoms with Crippen molar-refractivity contribution >= 4 is 17.2 Å². The Morgan fingerprint density at radius 1 is 1.13 bits per heavy atom. The van der Waals surface area contributed by atoms with Gasteiger partial charge in [0.05, 0.1) is 18.9 Å². The molecule has 0 radical (unpaired) electrons. The second kappa shape index (κ2) is 8.73. The van der Waals surface area contributed by atoms with Crippen LogP contribution in [0.1, 0.15) is 21.5 Å². The minimum absolute atomic E-state index is 0.148. The van der Waals surface area contributed by atoms with Crippen LogP contribution < -0.4 is 5.32 Å². The molecule has 2 N–H and O–H groups in total. The molecule has 2 aromatic rings. The molecular formula is C24H27N3O3. The van der Waals surface area contributed by atoms with E-state index in [2.05, 4.69) is 10.2 Å². The molecule has 4 rings (SSSR count). The Balaban J connectivity index is 1.64. The van der Waals surface area contributed by atoms with Crippen molar-refractivity contribution in [2.75, 3.05) is 38.7 Å². The third kappa shape index (κ3) is 4.25. The molecule has 6 heteroatoms. The highest BCUT2D eigenvalue weighted by Gasteiger charge is 2.26. The number of benzene rings is 2. The lowest BCUT2D eigenvalue weighted by Gasteiger charge is -2.38. The summed E-state index contributed by atoms with van der Waals surface area (Å²) in [5.74, 6) is -0.148. The fraction of sp³-hybridized carbons (Fsp3) is 0.292. The fourth-order valence-corrected chi connectivity index (χ4v) is 3.79. The van der Waals surface area contributed by atoms with Crippen molar-refractivity contribution in [3.63, 3.8) is 0 Å². The van der Waals surface area contributed by atoms with Crippen LogP contribution in [-0.2, 0) is 4.74 Å². The first-order chi connectivity index (χ1) is 14.5. The van der Waals surface area contributed by atoms with Gasteiger partial charge in [-0.3, -0.25) is 4.79 Å². The fourth-order valence-electron chi connectivity index (χ4n) is 3.79. The molecule has 0 aromatic heterocycles. The zero-order chi connectivity index (χ0) is 21.1. The zero-order valence-electron chi connectivity index (χ0n) is 17.3. The summed E-state index contributed by atoms with van der Waals surface area (Å²) in [4.78, 5) is 16.7. The van der Waals surface area contributed by atoms with Crippen LogP contribution in [0, 0.1) is 6.92 Å². The van der Waals surface area contributed by atoms with E-state index in [1.54, 1.807) is 4.90 Å². The van der Waals surface area contributed by atoms with E-state index in [1.807, 2.05) is 74.8 Å². The second-order valence-electron chi connectivity index (χ2n) is 7.64. The van der Waals surface area contributed by atoms with E-state index in [4.69, 9.17) is 4.74 Å². The minimum Gasteiger partial charge on any atom is -0.378 e. The molecule has 1 saturated heterocycles. The minimum atomic E-state index is -0.697. The van der Waals surface area contributed by atoms with Crippen LogP contribution >= 0.6 is 0 Å². The average Bonchev–Trinajstić information content (AvgIpc) is 2.77. The number of hydrogen-bond donors (Lipinski definition) is 2. The lowest BCUT2D eigenvalue weighted by Crippen LogP contribution is -2.44. The first kappa shape index (κ1) is 20.2. The molecule has 6 nitrogen and oxygen atoms in total. The summed E-state index contributed by atoms with van der Waals surface area (Å²) < 4.78 is 5.45. The maximum absolute atomic E-state index is 12.8. The number of aliphatic hydroxyl groups excluding tert-OH is 1. The third-order valence-electron chi connectivity index (χ3n) is 5.52. The van der Waals surface area contributed by atoms with Gasteiger partial charge in [0.1, 0.15) is 0 Å². The van der Waals surface area contributed by atoms with Crippen molar-refractivity contribution in [1.29, 1.82) is 0 Å². The number of carbonyl (C=O) groups is 1. The molecule has 1 fully saturated rings. The summed E-state index contributed by atoms with van der Waals surface area (Å²) in [5, 5.41) is 13.6. The average molecular weight is 405 g/mol. The van der Waals surface area contributed by atoms with Gasteiger partial charge in [-0.25, -0.2) is 0 Å². The van der Waals surface area contributed by atoms with Crippen molar-refractivity contribution in [3.8, 4) is 0 Å². The number of morpholine rings is 1. The van der Waals surface area contributed by atoms with E-state index < -0.39 is 6.23 Å². The number of anilines is 1. The van der Waals surface area contributed by atoms with Crippen molar-refractivity contribution in [1.82, 2.24) is 9.80 Å². The van der Waals surface area contributed by atoms with Crippen molar-refractivity contribution in [3.05, 3.63) is 83.2 Å². The van der Waals surface area contributed by atoms with Gasteiger partial charge in [0.25, 0.3) is 5.91 Å². The van der Waals surface area contributed by atoms with Crippen LogP contribution in [0.15, 0.2) is 66.5 Å².